The molecule has 0 radical (unpaired) electrons. The second-order valence-electron chi connectivity index (χ2n) is 14.1. The van der Waals surface area contributed by atoms with Crippen molar-refractivity contribution in [1.29, 1.82) is 0 Å². The average molecular weight is 683 g/mol. The van der Waals surface area contributed by atoms with Gasteiger partial charge >= 0.3 is 0 Å². The molecule has 2 nitrogen and oxygen atoms in total. The van der Waals surface area contributed by atoms with E-state index in [1.807, 2.05) is 42.6 Å². The molecule has 7 aromatic rings. The maximum atomic E-state index is 4.43. The van der Waals surface area contributed by atoms with Gasteiger partial charge in [-0.3, -0.25) is 0 Å². The third-order valence-electron chi connectivity index (χ3n) is 10.3. The lowest BCUT2D eigenvalue weighted by Crippen LogP contribution is -2.16. The van der Waals surface area contributed by atoms with Crippen molar-refractivity contribution in [3.63, 3.8) is 0 Å². The largest absolute Gasteiger partial charge is 0.362 e. The molecule has 8 rings (SSSR count). The fraction of sp³-hybridized carbons (Fsp3) is 0.0588. The quantitative estimate of drug-likeness (QED) is 0.140. The fourth-order valence-corrected chi connectivity index (χ4v) is 7.58. The summed E-state index contributed by atoms with van der Waals surface area (Å²) in [5.74, 6) is 0. The molecule has 256 valence electrons. The van der Waals surface area contributed by atoms with Crippen LogP contribution in [-0.2, 0) is 5.41 Å². The highest BCUT2D eigenvalue weighted by atomic mass is 14.9. The highest BCUT2D eigenvalue weighted by Gasteiger charge is 2.37. The Morgan fingerprint density at radius 1 is 0.528 bits per heavy atom. The Labute approximate surface area is 313 Å². The van der Waals surface area contributed by atoms with Crippen LogP contribution < -0.4 is 10.6 Å². The van der Waals surface area contributed by atoms with Gasteiger partial charge in [-0.25, -0.2) is 0 Å². The number of rotatable bonds is 10. The summed E-state index contributed by atoms with van der Waals surface area (Å²) in [6.07, 6.45) is 6.28. The molecule has 0 saturated heterocycles. The first-order valence-corrected chi connectivity index (χ1v) is 18.2. The third-order valence-corrected chi connectivity index (χ3v) is 10.3. The van der Waals surface area contributed by atoms with Gasteiger partial charge < -0.3 is 10.6 Å². The Morgan fingerprint density at radius 2 is 1.15 bits per heavy atom. The van der Waals surface area contributed by atoms with E-state index in [2.05, 4.69) is 183 Å². The molecule has 0 saturated carbocycles. The Hall–Kier alpha value is -6.64. The molecule has 2 heteroatoms. The van der Waals surface area contributed by atoms with Crippen LogP contribution in [0.5, 0.6) is 0 Å². The minimum Gasteiger partial charge on any atom is -0.362 e. The van der Waals surface area contributed by atoms with Gasteiger partial charge in [0.15, 0.2) is 0 Å². The van der Waals surface area contributed by atoms with Crippen LogP contribution in [-0.4, -0.2) is 0 Å². The number of para-hydroxylation sites is 1. The van der Waals surface area contributed by atoms with Gasteiger partial charge in [0.2, 0.25) is 0 Å². The summed E-state index contributed by atoms with van der Waals surface area (Å²) in [5.41, 5.74) is 17.5. The highest BCUT2D eigenvalue weighted by Crippen LogP contribution is 2.52. The first-order chi connectivity index (χ1) is 26.0. The molecule has 2 N–H and O–H groups in total. The molecule has 0 heterocycles. The van der Waals surface area contributed by atoms with Gasteiger partial charge in [0.05, 0.1) is 0 Å². The third kappa shape index (κ3) is 6.88. The van der Waals surface area contributed by atoms with E-state index in [1.54, 1.807) is 0 Å². The number of allylic oxidation sites excluding steroid dienone is 4. The van der Waals surface area contributed by atoms with E-state index in [4.69, 9.17) is 0 Å². The van der Waals surface area contributed by atoms with Gasteiger partial charge in [-0.05, 0) is 110 Å². The lowest BCUT2D eigenvalue weighted by molar-refractivity contribution is 0.662. The van der Waals surface area contributed by atoms with E-state index in [1.165, 1.54) is 33.4 Å². The van der Waals surface area contributed by atoms with Crippen LogP contribution >= 0.6 is 0 Å². The van der Waals surface area contributed by atoms with E-state index in [-0.39, 0.29) is 5.41 Å². The Morgan fingerprint density at radius 3 is 1.91 bits per heavy atom. The topological polar surface area (TPSA) is 24.1 Å². The van der Waals surface area contributed by atoms with Crippen molar-refractivity contribution in [2.24, 2.45) is 0 Å². The molecule has 53 heavy (non-hydrogen) atoms. The molecule has 1 aliphatic rings. The van der Waals surface area contributed by atoms with Crippen LogP contribution in [0.2, 0.25) is 0 Å². The predicted octanol–water partition coefficient (Wildman–Crippen LogP) is 13.8. The van der Waals surface area contributed by atoms with E-state index >= 15 is 0 Å². The first-order valence-electron chi connectivity index (χ1n) is 18.2. The standard InChI is InChI=1S/C51H42N2/c1-36(37-16-7-4-8-17-37)34-41(32-33-52-42-20-11-6-12-21-42)40-28-31-49(47(35-40)38-18-9-5-10-19-38)53-43-29-26-39(27-30-43)44-23-15-24-46-45-22-13-14-25-48(45)51(2,3)50(44)46/h4-35,52-53H,1H2,2-3H3/b33-32-,41-34+. The molecular weight excluding hydrogens is 641 g/mol. The van der Waals surface area contributed by atoms with Gasteiger partial charge in [0, 0.05) is 34.2 Å². The van der Waals surface area contributed by atoms with Crippen molar-refractivity contribution in [2.45, 2.75) is 19.3 Å². The zero-order chi connectivity index (χ0) is 36.2. The summed E-state index contributed by atoms with van der Waals surface area (Å²) in [4.78, 5) is 0. The Balaban J connectivity index is 1.13. The Bertz CT molecular complexity index is 2450. The van der Waals surface area contributed by atoms with Crippen molar-refractivity contribution < 1.29 is 0 Å². The van der Waals surface area contributed by atoms with E-state index in [0.717, 1.165) is 50.5 Å². The molecule has 0 aliphatic heterocycles. The molecule has 7 aromatic carbocycles. The number of benzene rings is 7. The SMILES string of the molecule is C=C(/C=C(\C=C/Nc1ccccc1)c1ccc(Nc2ccc(-c3cccc4c3C(C)(C)c3ccccc3-4)cc2)c(-c2ccccc2)c1)c1ccccc1. The fourth-order valence-electron chi connectivity index (χ4n) is 7.58. The summed E-state index contributed by atoms with van der Waals surface area (Å²) < 4.78 is 0. The van der Waals surface area contributed by atoms with Gasteiger partial charge in [0.25, 0.3) is 0 Å². The van der Waals surface area contributed by atoms with Crippen LogP contribution in [0.25, 0.3) is 44.5 Å². The van der Waals surface area contributed by atoms with Crippen molar-refractivity contribution in [3.05, 3.63) is 223 Å². The molecule has 0 amide bonds. The number of anilines is 3. The smallest absolute Gasteiger partial charge is 0.0464 e. The molecule has 0 atom stereocenters. The molecular formula is C51H42N2. The number of nitrogens with one attached hydrogen (secondary N) is 2. The second kappa shape index (κ2) is 14.5. The van der Waals surface area contributed by atoms with E-state index < -0.39 is 0 Å². The van der Waals surface area contributed by atoms with Crippen molar-refractivity contribution in [1.82, 2.24) is 0 Å². The van der Waals surface area contributed by atoms with Gasteiger partial charge in [-0.2, -0.15) is 0 Å². The first kappa shape index (κ1) is 33.5. The highest BCUT2D eigenvalue weighted by molar-refractivity contribution is 5.92. The normalized spacial score (nSPS) is 13.0. The van der Waals surface area contributed by atoms with Crippen LogP contribution in [0.4, 0.5) is 17.1 Å². The van der Waals surface area contributed by atoms with Crippen LogP contribution in [0.15, 0.2) is 201 Å². The zero-order valence-electron chi connectivity index (χ0n) is 30.2. The summed E-state index contributed by atoms with van der Waals surface area (Å²) in [6.45, 7) is 9.13. The maximum Gasteiger partial charge on any atom is 0.0464 e. The summed E-state index contributed by atoms with van der Waals surface area (Å²) in [5, 5.41) is 7.19. The minimum atomic E-state index is -0.0701. The van der Waals surface area contributed by atoms with Gasteiger partial charge in [-0.15, -0.1) is 0 Å². The minimum absolute atomic E-state index is 0.0701. The molecule has 1 aliphatic carbocycles. The monoisotopic (exact) mass is 682 g/mol. The number of fused-ring (bicyclic) bond motifs is 3. The van der Waals surface area contributed by atoms with Crippen molar-refractivity contribution in [2.75, 3.05) is 10.6 Å². The maximum absolute atomic E-state index is 4.43. The van der Waals surface area contributed by atoms with E-state index in [9.17, 15) is 0 Å². The average Bonchev–Trinajstić information content (AvgIpc) is 3.45. The second-order valence-corrected chi connectivity index (χ2v) is 14.1. The molecule has 0 spiro atoms. The van der Waals surface area contributed by atoms with Crippen molar-refractivity contribution >= 4 is 28.2 Å². The molecule has 0 aromatic heterocycles. The molecule has 0 fully saturated rings. The van der Waals surface area contributed by atoms with Crippen LogP contribution in [0.1, 0.15) is 36.1 Å². The predicted molar refractivity (Wildman–Crippen MR) is 227 cm³/mol. The summed E-state index contributed by atoms with van der Waals surface area (Å²) in [6, 6.07) is 62.2. The lowest BCUT2D eigenvalue weighted by atomic mass is 9.79. The zero-order valence-corrected chi connectivity index (χ0v) is 30.2. The molecule has 0 unspecified atom stereocenters. The lowest BCUT2D eigenvalue weighted by Gasteiger charge is -2.24. The summed E-state index contributed by atoms with van der Waals surface area (Å²) >= 11 is 0. The Kier molecular flexibility index (Phi) is 9.19. The van der Waals surface area contributed by atoms with Gasteiger partial charge in [0.1, 0.15) is 0 Å². The van der Waals surface area contributed by atoms with Crippen LogP contribution in [0, 0.1) is 0 Å². The van der Waals surface area contributed by atoms with Gasteiger partial charge in [-0.1, -0.05) is 160 Å². The van der Waals surface area contributed by atoms with E-state index in [0.29, 0.717) is 0 Å². The van der Waals surface area contributed by atoms with Crippen molar-refractivity contribution in [3.8, 4) is 33.4 Å². The van der Waals surface area contributed by atoms with Crippen LogP contribution in [0.3, 0.4) is 0 Å². The molecule has 0 bridgehead atoms. The number of hydrogen-bond acceptors (Lipinski definition) is 2. The number of hydrogen-bond donors (Lipinski definition) is 2. The summed E-state index contributed by atoms with van der Waals surface area (Å²) in [7, 11) is 0.